The predicted octanol–water partition coefficient (Wildman–Crippen LogP) is 1.31. The molecule has 1 fully saturated rings. The number of carbonyl (C=O) groups is 1. The van der Waals surface area contributed by atoms with E-state index in [4.69, 9.17) is 9.84 Å². The summed E-state index contributed by atoms with van der Waals surface area (Å²) in [6.07, 6.45) is 1.78. The van der Waals surface area contributed by atoms with Crippen LogP contribution in [-0.4, -0.2) is 34.3 Å². The molecule has 0 bridgehead atoms. The van der Waals surface area contributed by atoms with E-state index >= 15 is 0 Å². The first kappa shape index (κ1) is 12.0. The first-order valence-electron chi connectivity index (χ1n) is 5.79. The highest BCUT2D eigenvalue weighted by Crippen LogP contribution is 2.25. The predicted molar refractivity (Wildman–Crippen MR) is 60.9 cm³/mol. The fourth-order valence-corrected chi connectivity index (χ4v) is 2.07. The van der Waals surface area contributed by atoms with E-state index in [0.29, 0.717) is 11.7 Å². The van der Waals surface area contributed by atoms with E-state index in [-0.39, 0.29) is 6.42 Å². The van der Waals surface area contributed by atoms with Gasteiger partial charge >= 0.3 is 5.97 Å². The molecule has 92 valence electrons. The van der Waals surface area contributed by atoms with Crippen molar-refractivity contribution in [1.82, 2.24) is 9.97 Å². The maximum absolute atomic E-state index is 10.7. The number of rotatable bonds is 3. The summed E-state index contributed by atoms with van der Waals surface area (Å²) < 4.78 is 5.31. The summed E-state index contributed by atoms with van der Waals surface area (Å²) in [7, 11) is 0. The molecule has 2 heterocycles. The van der Waals surface area contributed by atoms with Crippen molar-refractivity contribution in [2.45, 2.75) is 32.1 Å². The minimum Gasteiger partial charge on any atom is -0.481 e. The first-order valence-corrected chi connectivity index (χ1v) is 5.79. The van der Waals surface area contributed by atoms with Crippen LogP contribution in [0.1, 0.15) is 36.0 Å². The normalized spacial score (nSPS) is 17.0. The molecule has 0 aliphatic carbocycles. The molecule has 0 amide bonds. The highest BCUT2D eigenvalue weighted by atomic mass is 16.5. The molecule has 1 N–H and O–H groups in total. The minimum atomic E-state index is -0.895. The molecular formula is C12H16N2O3. The summed E-state index contributed by atoms with van der Waals surface area (Å²) in [5, 5.41) is 8.76. The van der Waals surface area contributed by atoms with Crippen molar-refractivity contribution in [1.29, 1.82) is 0 Å². The summed E-state index contributed by atoms with van der Waals surface area (Å²) in [5.74, 6) is -0.120. The van der Waals surface area contributed by atoms with Crippen LogP contribution in [0.15, 0.2) is 6.07 Å². The lowest BCUT2D eigenvalue weighted by molar-refractivity contribution is -0.136. The Hall–Kier alpha value is -1.49. The van der Waals surface area contributed by atoms with E-state index in [0.717, 1.165) is 37.4 Å². The van der Waals surface area contributed by atoms with Crippen molar-refractivity contribution in [3.8, 4) is 0 Å². The van der Waals surface area contributed by atoms with Gasteiger partial charge in [-0.2, -0.15) is 0 Å². The Balaban J connectivity index is 2.20. The second-order valence-corrected chi connectivity index (χ2v) is 4.31. The zero-order valence-electron chi connectivity index (χ0n) is 9.85. The minimum absolute atomic E-state index is 0.113. The quantitative estimate of drug-likeness (QED) is 0.856. The number of aromatic nitrogens is 2. The van der Waals surface area contributed by atoms with Crippen molar-refractivity contribution in [2.24, 2.45) is 0 Å². The van der Waals surface area contributed by atoms with E-state index in [1.807, 2.05) is 13.0 Å². The zero-order chi connectivity index (χ0) is 12.3. The fourth-order valence-electron chi connectivity index (χ4n) is 2.07. The van der Waals surface area contributed by atoms with Gasteiger partial charge in [0.05, 0.1) is 0 Å². The molecule has 1 aliphatic rings. The summed E-state index contributed by atoms with van der Waals surface area (Å²) in [5.41, 5.74) is 1.79. The number of aryl methyl sites for hydroxylation is 1. The Bertz CT molecular complexity index is 414. The lowest BCUT2D eigenvalue weighted by Crippen LogP contribution is -2.17. The van der Waals surface area contributed by atoms with Crippen LogP contribution in [0.25, 0.3) is 0 Å². The highest BCUT2D eigenvalue weighted by Gasteiger charge is 2.18. The molecule has 0 unspecified atom stereocenters. The van der Waals surface area contributed by atoms with E-state index in [1.165, 1.54) is 0 Å². The second-order valence-electron chi connectivity index (χ2n) is 4.31. The van der Waals surface area contributed by atoms with E-state index in [1.54, 1.807) is 0 Å². The van der Waals surface area contributed by atoms with Gasteiger partial charge < -0.3 is 9.84 Å². The molecule has 1 aliphatic heterocycles. The van der Waals surface area contributed by atoms with Crippen LogP contribution in [0.3, 0.4) is 0 Å². The Morgan fingerprint density at radius 1 is 1.47 bits per heavy atom. The van der Waals surface area contributed by atoms with Gasteiger partial charge in [0.1, 0.15) is 12.2 Å². The molecule has 0 spiro atoms. The molecule has 1 aromatic rings. The molecule has 0 radical (unpaired) electrons. The first-order chi connectivity index (χ1) is 8.15. The maximum Gasteiger partial charge on any atom is 0.311 e. The molecular weight excluding hydrogens is 220 g/mol. The van der Waals surface area contributed by atoms with Gasteiger partial charge in [0.25, 0.3) is 0 Å². The maximum atomic E-state index is 10.7. The number of carboxylic acid groups (broad SMARTS) is 1. The number of nitrogens with zero attached hydrogens (tertiary/aromatic N) is 2. The van der Waals surface area contributed by atoms with Crippen LogP contribution >= 0.6 is 0 Å². The van der Waals surface area contributed by atoms with Crippen LogP contribution in [0.2, 0.25) is 0 Å². The van der Waals surface area contributed by atoms with Gasteiger partial charge in [-0.25, -0.2) is 9.97 Å². The van der Waals surface area contributed by atoms with Crippen molar-refractivity contribution in [2.75, 3.05) is 13.2 Å². The van der Waals surface area contributed by atoms with E-state index < -0.39 is 5.97 Å². The Morgan fingerprint density at radius 2 is 2.18 bits per heavy atom. The van der Waals surface area contributed by atoms with Gasteiger partial charge in [0.2, 0.25) is 0 Å². The number of hydrogen-bond acceptors (Lipinski definition) is 4. The molecule has 5 nitrogen and oxygen atoms in total. The van der Waals surface area contributed by atoms with E-state index in [2.05, 4.69) is 9.97 Å². The second kappa shape index (κ2) is 5.23. The van der Waals surface area contributed by atoms with Crippen LogP contribution in [-0.2, 0) is 16.0 Å². The SMILES string of the molecule is Cc1cc(C2CCOCC2)nc(CC(=O)O)n1. The third kappa shape index (κ3) is 3.23. The van der Waals surface area contributed by atoms with Crippen molar-refractivity contribution in [3.05, 3.63) is 23.3 Å². The van der Waals surface area contributed by atoms with Crippen LogP contribution in [0.5, 0.6) is 0 Å². The molecule has 0 aromatic carbocycles. The number of aliphatic carboxylic acids is 1. The Kier molecular flexibility index (Phi) is 3.68. The Labute approximate surface area is 99.9 Å². The average molecular weight is 236 g/mol. The van der Waals surface area contributed by atoms with E-state index in [9.17, 15) is 4.79 Å². The lowest BCUT2D eigenvalue weighted by atomic mass is 9.96. The van der Waals surface area contributed by atoms with Gasteiger partial charge in [-0.05, 0) is 25.8 Å². The molecule has 2 rings (SSSR count). The monoisotopic (exact) mass is 236 g/mol. The average Bonchev–Trinajstić information content (AvgIpc) is 2.28. The number of carboxylic acids is 1. The summed E-state index contributed by atoms with van der Waals surface area (Å²) in [6.45, 7) is 3.37. The van der Waals surface area contributed by atoms with Crippen LogP contribution in [0, 0.1) is 6.92 Å². The van der Waals surface area contributed by atoms with Gasteiger partial charge in [0.15, 0.2) is 0 Å². The third-order valence-electron chi connectivity index (χ3n) is 2.87. The largest absolute Gasteiger partial charge is 0.481 e. The Morgan fingerprint density at radius 3 is 2.82 bits per heavy atom. The number of hydrogen-bond donors (Lipinski definition) is 1. The lowest BCUT2D eigenvalue weighted by Gasteiger charge is -2.21. The summed E-state index contributed by atoms with van der Waals surface area (Å²) in [6, 6.07) is 1.95. The summed E-state index contributed by atoms with van der Waals surface area (Å²) >= 11 is 0. The van der Waals surface area contributed by atoms with Gasteiger partial charge in [-0.1, -0.05) is 0 Å². The highest BCUT2D eigenvalue weighted by molar-refractivity contribution is 5.68. The third-order valence-corrected chi connectivity index (χ3v) is 2.87. The smallest absolute Gasteiger partial charge is 0.311 e. The van der Waals surface area contributed by atoms with Crippen molar-refractivity contribution >= 4 is 5.97 Å². The van der Waals surface area contributed by atoms with Gasteiger partial charge in [0, 0.05) is 30.5 Å². The molecule has 17 heavy (non-hydrogen) atoms. The molecule has 1 saturated heterocycles. The molecule has 1 aromatic heterocycles. The molecule has 5 heteroatoms. The van der Waals surface area contributed by atoms with Gasteiger partial charge in [-0.3, -0.25) is 4.79 Å². The fraction of sp³-hybridized carbons (Fsp3) is 0.583. The number of ether oxygens (including phenoxy) is 1. The van der Waals surface area contributed by atoms with Crippen LogP contribution in [0.4, 0.5) is 0 Å². The zero-order valence-corrected chi connectivity index (χ0v) is 9.85. The topological polar surface area (TPSA) is 72.3 Å². The standard InChI is InChI=1S/C12H16N2O3/c1-8-6-10(9-2-4-17-5-3-9)14-11(13-8)7-12(15)16/h6,9H,2-5,7H2,1H3,(H,15,16). The summed E-state index contributed by atoms with van der Waals surface area (Å²) in [4.78, 5) is 19.2. The molecule has 0 atom stereocenters. The van der Waals surface area contributed by atoms with Crippen molar-refractivity contribution in [3.63, 3.8) is 0 Å². The van der Waals surface area contributed by atoms with Gasteiger partial charge in [-0.15, -0.1) is 0 Å². The van der Waals surface area contributed by atoms with Crippen molar-refractivity contribution < 1.29 is 14.6 Å². The van der Waals surface area contributed by atoms with Crippen LogP contribution < -0.4 is 0 Å². The molecule has 0 saturated carbocycles.